The molecule has 8 nitrogen and oxygen atoms in total. The van der Waals surface area contributed by atoms with Crippen LogP contribution in [0.3, 0.4) is 0 Å². The van der Waals surface area contributed by atoms with E-state index in [4.69, 9.17) is 21.1 Å². The number of halogens is 1. The Morgan fingerprint density at radius 1 is 1.12 bits per heavy atom. The number of nitrogens with zero attached hydrogens (tertiary/aromatic N) is 2. The highest BCUT2D eigenvalue weighted by Crippen LogP contribution is 2.40. The number of pyridine rings is 1. The predicted molar refractivity (Wildman–Crippen MR) is 158 cm³/mol. The van der Waals surface area contributed by atoms with Crippen LogP contribution in [0.2, 0.25) is 5.02 Å². The number of carbonyl (C=O) groups excluding carboxylic acids is 1. The van der Waals surface area contributed by atoms with Crippen LogP contribution in [0, 0.1) is 0 Å². The number of ether oxygens (including phenoxy) is 2. The molecule has 3 N–H and O–H groups in total. The van der Waals surface area contributed by atoms with Gasteiger partial charge in [0.15, 0.2) is 6.35 Å². The minimum Gasteiger partial charge on any atom is -0.496 e. The van der Waals surface area contributed by atoms with Crippen molar-refractivity contribution >= 4 is 34.1 Å². The van der Waals surface area contributed by atoms with Crippen molar-refractivity contribution in [1.82, 2.24) is 15.2 Å². The van der Waals surface area contributed by atoms with Gasteiger partial charge in [-0.2, -0.15) is 0 Å². The predicted octanol–water partition coefficient (Wildman–Crippen LogP) is 6.19. The number of hydrogen-bond donors (Lipinski definition) is 3. The average molecular weight is 565 g/mol. The zero-order valence-corrected chi connectivity index (χ0v) is 23.6. The molecule has 1 saturated carbocycles. The number of likely N-dealkylation sites (tertiary alicyclic amines) is 1. The van der Waals surface area contributed by atoms with Crippen molar-refractivity contribution < 1.29 is 19.4 Å². The number of rotatable bonds is 9. The number of aliphatic hydroxyl groups excluding tert-OH is 1. The van der Waals surface area contributed by atoms with Crippen molar-refractivity contribution in [1.29, 1.82) is 0 Å². The first-order valence-electron chi connectivity index (χ1n) is 14.0. The maximum Gasteiger partial charge on any atom is 0.245 e. The fourth-order valence-corrected chi connectivity index (χ4v) is 6.00. The number of methoxy groups -OCH3 is 1. The average Bonchev–Trinajstić information content (AvgIpc) is 2.98. The lowest BCUT2D eigenvalue weighted by Crippen LogP contribution is -2.43. The van der Waals surface area contributed by atoms with E-state index in [0.29, 0.717) is 41.3 Å². The molecular formula is C31H37ClN4O4. The number of hydrogen-bond acceptors (Lipinski definition) is 7. The van der Waals surface area contributed by atoms with Gasteiger partial charge in [-0.05, 0) is 67.5 Å². The van der Waals surface area contributed by atoms with Crippen molar-refractivity contribution in [2.75, 3.05) is 25.5 Å². The summed E-state index contributed by atoms with van der Waals surface area (Å²) >= 11 is 6.57. The van der Waals surface area contributed by atoms with Crippen LogP contribution < -0.4 is 20.1 Å². The molecule has 1 amide bonds. The van der Waals surface area contributed by atoms with Crippen LogP contribution in [0.1, 0.15) is 56.4 Å². The first-order valence-corrected chi connectivity index (χ1v) is 14.4. The molecule has 1 aliphatic heterocycles. The third-order valence-corrected chi connectivity index (χ3v) is 8.25. The van der Waals surface area contributed by atoms with E-state index in [-0.39, 0.29) is 11.8 Å². The molecule has 212 valence electrons. The number of nitrogens with one attached hydrogen (secondary N) is 2. The van der Waals surface area contributed by atoms with E-state index in [1.54, 1.807) is 25.4 Å². The van der Waals surface area contributed by atoms with Gasteiger partial charge in [-0.1, -0.05) is 37.4 Å². The molecule has 5 rings (SSSR count). The maximum atomic E-state index is 12.0. The van der Waals surface area contributed by atoms with Crippen LogP contribution in [0.4, 0.5) is 5.69 Å². The lowest BCUT2D eigenvalue weighted by Gasteiger charge is -2.32. The first-order chi connectivity index (χ1) is 19.4. The number of aliphatic hydroxyl groups is 1. The molecule has 3 aromatic rings. The number of aromatic nitrogens is 1. The zero-order valence-electron chi connectivity index (χ0n) is 22.9. The number of carbonyl (C=O) groups is 1. The molecule has 2 aromatic carbocycles. The molecule has 40 heavy (non-hydrogen) atoms. The maximum absolute atomic E-state index is 12.0. The highest BCUT2D eigenvalue weighted by Gasteiger charge is 2.26. The molecule has 2 aliphatic rings. The van der Waals surface area contributed by atoms with Crippen LogP contribution in [0.5, 0.6) is 17.2 Å². The van der Waals surface area contributed by atoms with Gasteiger partial charge in [0.25, 0.3) is 0 Å². The lowest BCUT2D eigenvalue weighted by molar-refractivity contribution is -0.127. The Kier molecular flexibility index (Phi) is 9.09. The van der Waals surface area contributed by atoms with E-state index in [0.717, 1.165) is 47.9 Å². The minimum absolute atomic E-state index is 0.0290. The Balaban J connectivity index is 1.32. The Hall–Kier alpha value is -3.33. The van der Waals surface area contributed by atoms with E-state index < -0.39 is 6.35 Å². The Bertz CT molecular complexity index is 1350. The van der Waals surface area contributed by atoms with Crippen molar-refractivity contribution in [2.24, 2.45) is 0 Å². The second-order valence-corrected chi connectivity index (χ2v) is 10.9. The van der Waals surface area contributed by atoms with Gasteiger partial charge >= 0.3 is 0 Å². The third kappa shape index (κ3) is 6.52. The minimum atomic E-state index is -0.883. The van der Waals surface area contributed by atoms with E-state index >= 15 is 0 Å². The van der Waals surface area contributed by atoms with Crippen LogP contribution in [0.25, 0.3) is 10.9 Å². The molecule has 1 aromatic heterocycles. The Morgan fingerprint density at radius 3 is 2.60 bits per heavy atom. The summed E-state index contributed by atoms with van der Waals surface area (Å²) in [7, 11) is 1.67. The molecule has 0 spiro atoms. The van der Waals surface area contributed by atoms with Gasteiger partial charge in [-0.3, -0.25) is 15.1 Å². The Morgan fingerprint density at radius 2 is 1.90 bits per heavy atom. The summed E-state index contributed by atoms with van der Waals surface area (Å²) in [6.07, 6.45) is 9.64. The number of benzene rings is 2. The molecule has 1 atom stereocenters. The Labute approximate surface area is 240 Å². The molecule has 1 aliphatic carbocycles. The summed E-state index contributed by atoms with van der Waals surface area (Å²) in [5, 5.41) is 18.1. The second-order valence-electron chi connectivity index (χ2n) is 10.5. The molecule has 0 radical (unpaired) electrons. The van der Waals surface area contributed by atoms with Gasteiger partial charge in [0.05, 0.1) is 23.3 Å². The number of anilines is 1. The SMILES string of the molecule is C=CC(=O)N1CCC(c2cc3c(Oc4ccc(NC(O)NC5CCCCC5)c(Cl)c4)ccnc3cc2OC)CC1. The zero-order chi connectivity index (χ0) is 28.1. The van der Waals surface area contributed by atoms with Gasteiger partial charge in [0.2, 0.25) is 5.91 Å². The van der Waals surface area contributed by atoms with E-state index in [1.165, 1.54) is 25.3 Å². The van der Waals surface area contributed by atoms with Crippen LogP contribution in [-0.2, 0) is 4.79 Å². The monoisotopic (exact) mass is 564 g/mol. The van der Waals surface area contributed by atoms with Crippen molar-refractivity contribution in [2.45, 2.75) is 63.3 Å². The van der Waals surface area contributed by atoms with Gasteiger partial charge in [0.1, 0.15) is 17.2 Å². The van der Waals surface area contributed by atoms with Crippen LogP contribution in [-0.4, -0.2) is 53.5 Å². The van der Waals surface area contributed by atoms with Gasteiger partial charge < -0.3 is 24.8 Å². The van der Waals surface area contributed by atoms with Crippen molar-refractivity contribution in [3.8, 4) is 17.2 Å². The topological polar surface area (TPSA) is 96.0 Å². The fourth-order valence-electron chi connectivity index (χ4n) is 5.77. The second kappa shape index (κ2) is 12.9. The van der Waals surface area contributed by atoms with E-state index in [2.05, 4.69) is 28.3 Å². The van der Waals surface area contributed by atoms with Crippen LogP contribution in [0.15, 0.2) is 55.3 Å². The van der Waals surface area contributed by atoms with Crippen molar-refractivity contribution in [3.05, 3.63) is 65.8 Å². The van der Waals surface area contributed by atoms with E-state index in [1.807, 2.05) is 23.1 Å². The molecular weight excluding hydrogens is 528 g/mol. The molecule has 1 unspecified atom stereocenters. The largest absolute Gasteiger partial charge is 0.496 e. The highest BCUT2D eigenvalue weighted by molar-refractivity contribution is 6.33. The van der Waals surface area contributed by atoms with Crippen LogP contribution >= 0.6 is 11.6 Å². The number of piperidine rings is 1. The summed E-state index contributed by atoms with van der Waals surface area (Å²) in [5.41, 5.74) is 2.46. The molecule has 2 fully saturated rings. The highest BCUT2D eigenvalue weighted by atomic mass is 35.5. The quantitative estimate of drug-likeness (QED) is 0.211. The number of fused-ring (bicyclic) bond motifs is 1. The summed E-state index contributed by atoms with van der Waals surface area (Å²) < 4.78 is 12.0. The summed E-state index contributed by atoms with van der Waals surface area (Å²) in [6, 6.07) is 11.5. The smallest absolute Gasteiger partial charge is 0.245 e. The van der Waals surface area contributed by atoms with Gasteiger partial charge in [-0.15, -0.1) is 0 Å². The fraction of sp³-hybridized carbons (Fsp3) is 0.419. The summed E-state index contributed by atoms with van der Waals surface area (Å²) in [6.45, 7) is 4.96. The summed E-state index contributed by atoms with van der Waals surface area (Å²) in [4.78, 5) is 18.4. The normalized spacial score (nSPS) is 17.4. The third-order valence-electron chi connectivity index (χ3n) is 7.93. The molecule has 1 saturated heterocycles. The molecule has 0 bridgehead atoms. The number of amides is 1. The standard InChI is InChI=1S/C31H37ClN4O4/c1-3-30(37)36-15-12-20(13-16-36)23-18-24-27(19-29(23)39-2)33-14-11-28(24)40-22-9-10-26(25(32)17-22)35-31(38)34-21-7-5-4-6-8-21/h3,9-11,14,17-21,31,34-35,38H,1,4-8,12-13,15-16H2,2H3. The van der Waals surface area contributed by atoms with E-state index in [9.17, 15) is 9.90 Å². The lowest BCUT2D eigenvalue weighted by atomic mass is 9.87. The van der Waals surface area contributed by atoms with Crippen molar-refractivity contribution in [3.63, 3.8) is 0 Å². The first kappa shape index (κ1) is 28.2. The van der Waals surface area contributed by atoms with Gasteiger partial charge in [0, 0.05) is 42.8 Å². The summed E-state index contributed by atoms with van der Waals surface area (Å²) in [5.74, 6) is 2.23. The van der Waals surface area contributed by atoms with Gasteiger partial charge in [-0.25, -0.2) is 0 Å². The molecule has 9 heteroatoms. The molecule has 2 heterocycles.